The predicted molar refractivity (Wildman–Crippen MR) is 159 cm³/mol. The van der Waals surface area contributed by atoms with E-state index in [2.05, 4.69) is 121 Å². The van der Waals surface area contributed by atoms with Crippen LogP contribution in [0.25, 0.3) is 66.3 Å². The molecule has 0 atom stereocenters. The standard InChI is InChI=1S/C36H24N2/c1-3-11-25(12-4-1)27-17-19-29-31(23-27)35(33-15-7-9-21-37-33)30-20-18-28(26-13-5-2-6-14-26)24-32(30)36(29)34-16-8-10-22-38-34/h1-24H. The minimum Gasteiger partial charge on any atom is -0.256 e. The monoisotopic (exact) mass is 484 g/mol. The molecule has 0 bridgehead atoms. The molecule has 0 N–H and O–H groups in total. The van der Waals surface area contributed by atoms with E-state index in [1.165, 1.54) is 43.8 Å². The zero-order valence-electron chi connectivity index (χ0n) is 20.8. The average molecular weight is 485 g/mol. The molecule has 0 saturated carbocycles. The van der Waals surface area contributed by atoms with E-state index in [1.807, 2.05) is 24.5 Å². The van der Waals surface area contributed by atoms with Crippen LogP contribution in [0, 0.1) is 0 Å². The molecule has 5 aromatic carbocycles. The second-order valence-electron chi connectivity index (χ2n) is 9.43. The topological polar surface area (TPSA) is 25.8 Å². The molecule has 0 amide bonds. The van der Waals surface area contributed by atoms with Crippen molar-refractivity contribution in [1.29, 1.82) is 0 Å². The first-order valence-corrected chi connectivity index (χ1v) is 12.8. The Morgan fingerprint density at radius 3 is 1.13 bits per heavy atom. The number of fused-ring (bicyclic) bond motifs is 2. The lowest BCUT2D eigenvalue weighted by Crippen LogP contribution is -1.94. The molecule has 0 fully saturated rings. The van der Waals surface area contributed by atoms with Crippen molar-refractivity contribution in [2.24, 2.45) is 0 Å². The predicted octanol–water partition coefficient (Wildman–Crippen LogP) is 9.45. The molecule has 2 nitrogen and oxygen atoms in total. The average Bonchev–Trinajstić information content (AvgIpc) is 3.01. The van der Waals surface area contributed by atoms with Gasteiger partial charge in [0.25, 0.3) is 0 Å². The second kappa shape index (κ2) is 9.42. The molecule has 0 spiro atoms. The zero-order chi connectivity index (χ0) is 25.3. The molecule has 178 valence electrons. The maximum Gasteiger partial charge on any atom is 0.0714 e. The Hall–Kier alpha value is -5.08. The molecule has 0 radical (unpaired) electrons. The van der Waals surface area contributed by atoms with Gasteiger partial charge in [-0.25, -0.2) is 0 Å². The van der Waals surface area contributed by atoms with Crippen molar-refractivity contribution in [3.05, 3.63) is 146 Å². The van der Waals surface area contributed by atoms with Crippen molar-refractivity contribution in [2.75, 3.05) is 0 Å². The van der Waals surface area contributed by atoms with Crippen LogP contribution in [0.5, 0.6) is 0 Å². The van der Waals surface area contributed by atoms with E-state index in [9.17, 15) is 0 Å². The van der Waals surface area contributed by atoms with Gasteiger partial charge in [0.15, 0.2) is 0 Å². The highest BCUT2D eigenvalue weighted by atomic mass is 14.7. The van der Waals surface area contributed by atoms with Crippen LogP contribution in [0.15, 0.2) is 146 Å². The third-order valence-electron chi connectivity index (χ3n) is 7.17. The van der Waals surface area contributed by atoms with Crippen LogP contribution in [-0.2, 0) is 0 Å². The summed E-state index contributed by atoms with van der Waals surface area (Å²) < 4.78 is 0. The van der Waals surface area contributed by atoms with Crippen molar-refractivity contribution in [2.45, 2.75) is 0 Å². The van der Waals surface area contributed by atoms with Crippen molar-refractivity contribution in [3.63, 3.8) is 0 Å². The smallest absolute Gasteiger partial charge is 0.0714 e. The highest BCUT2D eigenvalue weighted by Gasteiger charge is 2.19. The van der Waals surface area contributed by atoms with Gasteiger partial charge in [-0.2, -0.15) is 0 Å². The fourth-order valence-electron chi connectivity index (χ4n) is 5.42. The normalized spacial score (nSPS) is 11.2. The summed E-state index contributed by atoms with van der Waals surface area (Å²) in [6, 6.07) is 47.0. The minimum absolute atomic E-state index is 0.966. The van der Waals surface area contributed by atoms with Crippen LogP contribution >= 0.6 is 0 Å². The van der Waals surface area contributed by atoms with Gasteiger partial charge < -0.3 is 0 Å². The van der Waals surface area contributed by atoms with Gasteiger partial charge in [0.2, 0.25) is 0 Å². The lowest BCUT2D eigenvalue weighted by Gasteiger charge is -2.18. The van der Waals surface area contributed by atoms with E-state index in [4.69, 9.17) is 9.97 Å². The molecule has 0 aliphatic heterocycles. The Morgan fingerprint density at radius 2 is 0.737 bits per heavy atom. The number of aromatic nitrogens is 2. The molecule has 0 saturated heterocycles. The third kappa shape index (κ3) is 3.84. The highest BCUT2D eigenvalue weighted by Crippen LogP contribution is 2.44. The molecule has 0 aliphatic carbocycles. The van der Waals surface area contributed by atoms with E-state index in [1.54, 1.807) is 0 Å². The fraction of sp³-hybridized carbons (Fsp3) is 0. The van der Waals surface area contributed by atoms with Gasteiger partial charge in [-0.3, -0.25) is 9.97 Å². The number of benzene rings is 5. The fourth-order valence-corrected chi connectivity index (χ4v) is 5.42. The van der Waals surface area contributed by atoms with Gasteiger partial charge in [-0.15, -0.1) is 0 Å². The lowest BCUT2D eigenvalue weighted by atomic mass is 9.86. The molecule has 7 aromatic rings. The van der Waals surface area contributed by atoms with E-state index < -0.39 is 0 Å². The summed E-state index contributed by atoms with van der Waals surface area (Å²) in [6.45, 7) is 0. The summed E-state index contributed by atoms with van der Waals surface area (Å²) in [5, 5.41) is 4.68. The van der Waals surface area contributed by atoms with E-state index >= 15 is 0 Å². The van der Waals surface area contributed by atoms with Crippen molar-refractivity contribution < 1.29 is 0 Å². The second-order valence-corrected chi connectivity index (χ2v) is 9.43. The number of hydrogen-bond acceptors (Lipinski definition) is 2. The minimum atomic E-state index is 0.966. The van der Waals surface area contributed by atoms with Crippen LogP contribution in [0.2, 0.25) is 0 Å². The van der Waals surface area contributed by atoms with E-state index in [-0.39, 0.29) is 0 Å². The summed E-state index contributed by atoms with van der Waals surface area (Å²) in [4.78, 5) is 9.64. The Morgan fingerprint density at radius 1 is 0.316 bits per heavy atom. The van der Waals surface area contributed by atoms with Gasteiger partial charge in [-0.05, 0) is 80.2 Å². The largest absolute Gasteiger partial charge is 0.256 e. The summed E-state index contributed by atoms with van der Waals surface area (Å²) in [5.74, 6) is 0. The highest BCUT2D eigenvalue weighted by molar-refractivity contribution is 6.21. The third-order valence-corrected chi connectivity index (χ3v) is 7.17. The van der Waals surface area contributed by atoms with Crippen LogP contribution in [0.4, 0.5) is 0 Å². The zero-order valence-corrected chi connectivity index (χ0v) is 20.8. The first-order chi connectivity index (χ1) is 18.9. The number of rotatable bonds is 4. The van der Waals surface area contributed by atoms with Crippen molar-refractivity contribution >= 4 is 21.5 Å². The van der Waals surface area contributed by atoms with Crippen LogP contribution in [-0.4, -0.2) is 9.97 Å². The molecular weight excluding hydrogens is 460 g/mol. The number of hydrogen-bond donors (Lipinski definition) is 0. The van der Waals surface area contributed by atoms with Gasteiger partial charge >= 0.3 is 0 Å². The van der Waals surface area contributed by atoms with Crippen LogP contribution in [0.1, 0.15) is 0 Å². The molecule has 0 aliphatic rings. The lowest BCUT2D eigenvalue weighted by molar-refractivity contribution is 1.33. The quantitative estimate of drug-likeness (QED) is 0.233. The maximum absolute atomic E-state index is 4.82. The van der Waals surface area contributed by atoms with E-state index in [0.717, 1.165) is 22.5 Å². The summed E-state index contributed by atoms with van der Waals surface area (Å²) in [5.41, 5.74) is 8.98. The molecule has 2 heteroatoms. The van der Waals surface area contributed by atoms with Crippen LogP contribution in [0.3, 0.4) is 0 Å². The molecule has 2 heterocycles. The summed E-state index contributed by atoms with van der Waals surface area (Å²) in [7, 11) is 0. The van der Waals surface area contributed by atoms with Gasteiger partial charge in [0.1, 0.15) is 0 Å². The molecule has 38 heavy (non-hydrogen) atoms. The molecule has 7 rings (SSSR count). The maximum atomic E-state index is 4.82. The van der Waals surface area contributed by atoms with Gasteiger partial charge in [-0.1, -0.05) is 97.1 Å². The molecule has 0 unspecified atom stereocenters. The SMILES string of the molecule is c1ccc(-c2ccc3c(-c4ccccn4)c4cc(-c5ccccc5)ccc4c(-c4ccccn4)c3c2)cc1. The Kier molecular flexibility index (Phi) is 5.49. The number of nitrogens with zero attached hydrogens (tertiary/aromatic N) is 2. The molecular formula is C36H24N2. The summed E-state index contributed by atoms with van der Waals surface area (Å²) >= 11 is 0. The number of pyridine rings is 2. The first-order valence-electron chi connectivity index (χ1n) is 12.8. The Bertz CT molecular complexity index is 1740. The molecule has 2 aromatic heterocycles. The Labute approximate surface area is 221 Å². The van der Waals surface area contributed by atoms with Crippen molar-refractivity contribution in [1.82, 2.24) is 9.97 Å². The summed E-state index contributed by atoms with van der Waals surface area (Å²) in [6.07, 6.45) is 3.75. The first kappa shape index (κ1) is 22.1. The van der Waals surface area contributed by atoms with Gasteiger partial charge in [0.05, 0.1) is 11.4 Å². The van der Waals surface area contributed by atoms with Crippen LogP contribution < -0.4 is 0 Å². The van der Waals surface area contributed by atoms with E-state index in [0.29, 0.717) is 0 Å². The van der Waals surface area contributed by atoms with Gasteiger partial charge in [0, 0.05) is 23.5 Å². The van der Waals surface area contributed by atoms with Crippen molar-refractivity contribution in [3.8, 4) is 44.8 Å². The Balaban J connectivity index is 1.64.